The van der Waals surface area contributed by atoms with Gasteiger partial charge < -0.3 is 14.4 Å². The molecule has 0 amide bonds. The lowest BCUT2D eigenvalue weighted by Gasteiger charge is -2.31. The van der Waals surface area contributed by atoms with Gasteiger partial charge in [-0.25, -0.2) is 4.98 Å². The molecule has 2 aromatic heterocycles. The minimum absolute atomic E-state index is 0.285. The number of hydrogen-bond donors (Lipinski definition) is 0. The fourth-order valence-electron chi connectivity index (χ4n) is 5.44. The second kappa shape index (κ2) is 10.3. The number of aryl methyl sites for hydroxylation is 4. The van der Waals surface area contributed by atoms with E-state index in [-0.39, 0.29) is 6.10 Å². The second-order valence-electron chi connectivity index (χ2n) is 9.80. The van der Waals surface area contributed by atoms with Crippen molar-refractivity contribution in [2.75, 3.05) is 18.1 Å². The fourth-order valence-corrected chi connectivity index (χ4v) is 5.44. The minimum Gasteiger partial charge on any atom is -0.490 e. The third-order valence-electron chi connectivity index (χ3n) is 7.39. The van der Waals surface area contributed by atoms with Crippen LogP contribution in [0, 0.1) is 13.8 Å². The molecular weight excluding hydrogens is 434 g/mol. The lowest BCUT2D eigenvalue weighted by molar-refractivity contribution is 0.207. The van der Waals surface area contributed by atoms with Crippen LogP contribution in [0.15, 0.2) is 36.4 Å². The van der Waals surface area contributed by atoms with Crippen molar-refractivity contribution in [3.05, 3.63) is 64.5 Å². The molecule has 0 saturated heterocycles. The minimum atomic E-state index is 0.285. The van der Waals surface area contributed by atoms with Crippen molar-refractivity contribution >= 4 is 5.82 Å². The van der Waals surface area contributed by atoms with Gasteiger partial charge in [-0.05, 0) is 75.6 Å². The van der Waals surface area contributed by atoms with Gasteiger partial charge in [0.15, 0.2) is 11.6 Å². The van der Waals surface area contributed by atoms with Crippen LogP contribution in [0.25, 0.3) is 11.3 Å². The molecule has 0 N–H and O–H groups in total. The summed E-state index contributed by atoms with van der Waals surface area (Å²) in [6, 6.07) is 12.9. The second-order valence-corrected chi connectivity index (χ2v) is 9.80. The van der Waals surface area contributed by atoms with Crippen molar-refractivity contribution in [2.24, 2.45) is 0 Å². The zero-order valence-corrected chi connectivity index (χ0v) is 21.6. The smallest absolute Gasteiger partial charge is 0.172 e. The van der Waals surface area contributed by atoms with Gasteiger partial charge >= 0.3 is 0 Å². The summed E-state index contributed by atoms with van der Waals surface area (Å²) in [5, 5.41) is 0. The number of rotatable bonds is 7. The molecule has 2 aliphatic rings. The van der Waals surface area contributed by atoms with Gasteiger partial charge in [0.25, 0.3) is 0 Å². The van der Waals surface area contributed by atoms with Crippen LogP contribution in [-0.2, 0) is 19.4 Å². The van der Waals surface area contributed by atoms with Crippen LogP contribution >= 0.6 is 0 Å². The first-order valence-electron chi connectivity index (χ1n) is 13.2. The molecule has 1 saturated carbocycles. The number of ether oxygens (including phenoxy) is 2. The van der Waals surface area contributed by atoms with E-state index in [1.807, 2.05) is 19.1 Å². The summed E-state index contributed by atoms with van der Waals surface area (Å²) in [7, 11) is 0. The zero-order chi connectivity index (χ0) is 24.4. The summed E-state index contributed by atoms with van der Waals surface area (Å²) in [5.74, 6) is 2.75. The summed E-state index contributed by atoms with van der Waals surface area (Å²) in [6.45, 7) is 10.8. The molecule has 0 spiro atoms. The molecule has 35 heavy (non-hydrogen) atoms. The Bertz CT molecular complexity index is 1180. The predicted octanol–water partition coefficient (Wildman–Crippen LogP) is 6.61. The highest BCUT2D eigenvalue weighted by Gasteiger charge is 2.25. The van der Waals surface area contributed by atoms with E-state index in [9.17, 15) is 0 Å². The molecule has 0 bridgehead atoms. The number of pyridine rings is 2. The Labute approximate surface area is 209 Å². The summed E-state index contributed by atoms with van der Waals surface area (Å²) >= 11 is 0. The van der Waals surface area contributed by atoms with E-state index < -0.39 is 0 Å². The first kappa shape index (κ1) is 23.7. The van der Waals surface area contributed by atoms with Crippen LogP contribution in [0.5, 0.6) is 11.5 Å². The molecule has 5 rings (SSSR count). The Hall–Kier alpha value is -3.08. The molecule has 3 aromatic rings. The molecule has 1 aliphatic heterocycles. The first-order valence-corrected chi connectivity index (χ1v) is 13.2. The fraction of sp³-hybridized carbons (Fsp3) is 0.467. The SMILES string of the molecule is CCc1cccc(CC)c1-c1cc(OC2CCCC2)c(CN2CCOc3ccc(C)nc32)c(C)n1. The number of aromatic nitrogens is 2. The Morgan fingerprint density at radius 2 is 1.74 bits per heavy atom. The summed E-state index contributed by atoms with van der Waals surface area (Å²) in [4.78, 5) is 12.3. The monoisotopic (exact) mass is 471 g/mol. The van der Waals surface area contributed by atoms with Crippen LogP contribution in [0.2, 0.25) is 0 Å². The van der Waals surface area contributed by atoms with Crippen LogP contribution < -0.4 is 14.4 Å². The van der Waals surface area contributed by atoms with E-state index in [0.29, 0.717) is 13.2 Å². The van der Waals surface area contributed by atoms with Crippen molar-refractivity contribution in [3.63, 3.8) is 0 Å². The highest BCUT2D eigenvalue weighted by Crippen LogP contribution is 2.37. The Morgan fingerprint density at radius 3 is 2.46 bits per heavy atom. The van der Waals surface area contributed by atoms with Gasteiger partial charge in [-0.2, -0.15) is 0 Å². The van der Waals surface area contributed by atoms with Gasteiger partial charge in [0.1, 0.15) is 12.4 Å². The molecule has 1 aliphatic carbocycles. The molecule has 0 radical (unpaired) electrons. The molecular formula is C30H37N3O2. The summed E-state index contributed by atoms with van der Waals surface area (Å²) < 4.78 is 12.6. The van der Waals surface area contributed by atoms with E-state index in [2.05, 4.69) is 49.9 Å². The van der Waals surface area contributed by atoms with Crippen LogP contribution in [0.1, 0.15) is 67.6 Å². The van der Waals surface area contributed by atoms with Crippen LogP contribution in [0.4, 0.5) is 5.82 Å². The Morgan fingerprint density at radius 1 is 1.00 bits per heavy atom. The van der Waals surface area contributed by atoms with E-state index >= 15 is 0 Å². The number of fused-ring (bicyclic) bond motifs is 1. The molecule has 0 unspecified atom stereocenters. The highest BCUT2D eigenvalue weighted by atomic mass is 16.5. The van der Waals surface area contributed by atoms with E-state index in [1.54, 1.807) is 0 Å². The average Bonchev–Trinajstić information content (AvgIpc) is 3.38. The summed E-state index contributed by atoms with van der Waals surface area (Å²) in [5.41, 5.74) is 8.18. The molecule has 5 heteroatoms. The van der Waals surface area contributed by atoms with Crippen molar-refractivity contribution < 1.29 is 9.47 Å². The lowest BCUT2D eigenvalue weighted by atomic mass is 9.94. The normalized spacial score (nSPS) is 15.7. The third-order valence-corrected chi connectivity index (χ3v) is 7.39. The first-order chi connectivity index (χ1) is 17.1. The molecule has 3 heterocycles. The number of hydrogen-bond acceptors (Lipinski definition) is 5. The van der Waals surface area contributed by atoms with Gasteiger partial charge in [-0.15, -0.1) is 0 Å². The molecule has 1 aromatic carbocycles. The lowest BCUT2D eigenvalue weighted by Crippen LogP contribution is -2.33. The third kappa shape index (κ3) is 4.86. The molecule has 1 fully saturated rings. The summed E-state index contributed by atoms with van der Waals surface area (Å²) in [6.07, 6.45) is 7.00. The van der Waals surface area contributed by atoms with Crippen molar-refractivity contribution in [1.29, 1.82) is 0 Å². The quantitative estimate of drug-likeness (QED) is 0.388. The number of anilines is 1. The zero-order valence-electron chi connectivity index (χ0n) is 21.6. The molecule has 0 atom stereocenters. The highest BCUT2D eigenvalue weighted by molar-refractivity contribution is 5.70. The maximum Gasteiger partial charge on any atom is 0.172 e. The topological polar surface area (TPSA) is 47.5 Å². The van der Waals surface area contributed by atoms with Crippen LogP contribution in [0.3, 0.4) is 0 Å². The number of benzene rings is 1. The molecule has 184 valence electrons. The van der Waals surface area contributed by atoms with Gasteiger partial charge in [0, 0.05) is 28.6 Å². The van der Waals surface area contributed by atoms with Gasteiger partial charge in [0.05, 0.1) is 24.9 Å². The van der Waals surface area contributed by atoms with E-state index in [4.69, 9.17) is 19.4 Å². The van der Waals surface area contributed by atoms with E-state index in [1.165, 1.54) is 29.5 Å². The Balaban J connectivity index is 1.58. The van der Waals surface area contributed by atoms with Crippen molar-refractivity contribution in [1.82, 2.24) is 9.97 Å². The van der Waals surface area contributed by atoms with Crippen molar-refractivity contribution in [3.8, 4) is 22.8 Å². The maximum absolute atomic E-state index is 6.73. The maximum atomic E-state index is 6.73. The van der Waals surface area contributed by atoms with Gasteiger partial charge in [-0.1, -0.05) is 32.0 Å². The van der Waals surface area contributed by atoms with Crippen molar-refractivity contribution in [2.45, 2.75) is 78.9 Å². The van der Waals surface area contributed by atoms with Gasteiger partial charge in [0.2, 0.25) is 0 Å². The Kier molecular flexibility index (Phi) is 6.94. The van der Waals surface area contributed by atoms with Gasteiger partial charge in [-0.3, -0.25) is 4.98 Å². The standard InChI is InChI=1S/C30H37N3O2/c1-5-22-10-9-11-23(6-2)29(22)26-18-28(35-24-12-7-8-13-24)25(21(4)32-26)19-33-16-17-34-27-15-14-20(3)31-30(27)33/h9-11,14-15,18,24H,5-8,12-13,16-17,19H2,1-4H3. The number of nitrogens with zero attached hydrogens (tertiary/aromatic N) is 3. The van der Waals surface area contributed by atoms with E-state index in [0.717, 1.165) is 72.2 Å². The van der Waals surface area contributed by atoms with Crippen LogP contribution in [-0.4, -0.2) is 29.2 Å². The largest absolute Gasteiger partial charge is 0.490 e. The average molecular weight is 472 g/mol. The molecule has 5 nitrogen and oxygen atoms in total. The predicted molar refractivity (Wildman–Crippen MR) is 142 cm³/mol.